The van der Waals surface area contributed by atoms with Gasteiger partial charge in [0.2, 0.25) is 20.0 Å². The number of methoxy groups -OCH3 is 1. The molecule has 127 heavy (non-hydrogen) atoms. The van der Waals surface area contributed by atoms with Crippen molar-refractivity contribution < 1.29 is 53.3 Å². The highest BCUT2D eigenvalue weighted by atomic mass is 32.2. The Morgan fingerprint density at radius 2 is 0.764 bits per heavy atom. The first-order valence-corrected chi connectivity index (χ1v) is 47.1. The molecule has 28 nitrogen and oxygen atoms in total. The predicted molar refractivity (Wildman–Crippen MR) is 491 cm³/mol. The van der Waals surface area contributed by atoms with Crippen molar-refractivity contribution in [3.05, 3.63) is 237 Å². The van der Waals surface area contributed by atoms with Gasteiger partial charge in [0.15, 0.2) is 11.6 Å². The molecule has 0 spiro atoms. The highest BCUT2D eigenvalue weighted by Crippen LogP contribution is 2.37. The lowest BCUT2D eigenvalue weighted by molar-refractivity contribution is 0.0733. The van der Waals surface area contributed by atoms with Crippen molar-refractivity contribution in [1.29, 1.82) is 15.8 Å². The van der Waals surface area contributed by atoms with Gasteiger partial charge in [0.05, 0.1) is 78.1 Å². The SMILES string of the molecule is C=S(N)(=O)c1ccccc1N1CCN(C(=O)c2cc(NC3CCN(c4ccccc4C#N)CC3)c(C)cc2OC)CC1.Cc1cc(C)c(C(=O)N2CCN(c3cc(F)c(F)cc3S(N)(=O)=O)CC2)cc1NC1CCN(c2ccccc2C#N)CC1.Cc1cc(C)c(C(=O)N2CCN(c3ccc(F)cc3S(N)(=O)=O)CC2)nc1NC1CCN(c2ccccc2C#N)CC1. The number of carbonyl (C=O) groups is 3. The number of nitriles is 3. The molecule has 1 atom stereocenters. The smallest absolute Gasteiger partial charge is 0.272 e. The second-order valence-corrected chi connectivity index (χ2v) is 37.7. The van der Waals surface area contributed by atoms with Gasteiger partial charge < -0.3 is 64.8 Å². The maximum absolute atomic E-state index is 14.0. The van der Waals surface area contributed by atoms with Crippen LogP contribution in [0.1, 0.15) is 114 Å². The van der Waals surface area contributed by atoms with E-state index in [9.17, 15) is 64.4 Å². The Kier molecular flexibility index (Phi) is 28.9. The molecule has 7 heterocycles. The molecule has 6 saturated heterocycles. The summed E-state index contributed by atoms with van der Waals surface area (Å²) in [7, 11) is -9.69. The standard InChI is InChI=1S/C32H38N6O3S.C31H34F2N6O3S.C30H34FN7O3S/c1-23-20-30(41-2)26(21-27(23)35-25-12-14-36(15-13-25)28-9-5-4-8-24(28)22-33)32(39)38-18-16-37(17-19-38)29-10-6-7-11-31(29)42(3,34)40;1-20-15-21(2)27(36-23-7-9-37(10-8-23)28-6-4-3-5-22(28)19-34)16-24(20)31(40)39-13-11-38(12-14-39)29-17-25(32)26(33)18-30(29)43(35,41)42;1-20-17-21(2)29(34-24-9-11-36(12-10-24)25-6-4-3-5-22(25)19-32)35-28(20)30(39)38-15-13-37(14-16-38)26-8-7-23(31)18-27(26)42(33,40)41/h4-11,20-21,25,35H,3,12-19H2,1-2H3,(H2,34,40);3-6,15-18,23,36H,7-14H2,1-2H3,(H2,35,41,42);3-8,17-18,24H,9-16H2,1-2H3,(H,34,35)(H2,33,40,41). The Morgan fingerprint density at radius 3 is 1.20 bits per heavy atom. The van der Waals surface area contributed by atoms with E-state index in [1.807, 2.05) is 161 Å². The molecule has 0 bridgehead atoms. The summed E-state index contributed by atoms with van der Waals surface area (Å²) >= 11 is 0. The Bertz CT molecular complexity index is 6100. The van der Waals surface area contributed by atoms with Crippen LogP contribution in [-0.2, 0) is 29.8 Å². The quantitative estimate of drug-likeness (QED) is 0.0410. The Morgan fingerprint density at radius 1 is 0.402 bits per heavy atom. The molecular weight excluding hydrogens is 1680 g/mol. The Balaban J connectivity index is 0.000000163. The van der Waals surface area contributed by atoms with E-state index in [-0.39, 0.29) is 72.6 Å². The topological polar surface area (TPSA) is 373 Å². The molecule has 6 aliphatic rings. The third-order valence-corrected chi connectivity index (χ3v) is 27.3. The number of hydrogen-bond donors (Lipinski definition) is 6. The van der Waals surface area contributed by atoms with Gasteiger partial charge in [0, 0.05) is 159 Å². The molecule has 15 rings (SSSR count). The van der Waals surface area contributed by atoms with Gasteiger partial charge in [0.25, 0.3) is 17.7 Å². The number of hydrogen-bond acceptors (Lipinski definition) is 22. The number of piperidine rings is 3. The zero-order valence-corrected chi connectivity index (χ0v) is 74.4. The lowest BCUT2D eigenvalue weighted by atomic mass is 9.99. The number of nitrogens with zero attached hydrogens (tertiary/aromatic N) is 13. The number of aromatic nitrogens is 1. The Hall–Kier alpha value is -12.6. The number of piperazine rings is 3. The van der Waals surface area contributed by atoms with Crippen molar-refractivity contribution in [3.8, 4) is 24.0 Å². The van der Waals surface area contributed by atoms with E-state index in [4.69, 9.17) is 25.1 Å². The Labute approximate surface area is 741 Å². The number of pyridine rings is 1. The summed E-state index contributed by atoms with van der Waals surface area (Å²) in [6.07, 6.45) is 5.32. The number of anilines is 9. The number of aryl methyl sites for hydroxylation is 5. The lowest BCUT2D eigenvalue weighted by Crippen LogP contribution is -2.49. The van der Waals surface area contributed by atoms with Crippen molar-refractivity contribution in [2.45, 2.75) is 106 Å². The molecular formula is C93H106F3N19O9S3. The van der Waals surface area contributed by atoms with Gasteiger partial charge >= 0.3 is 0 Å². The van der Waals surface area contributed by atoms with E-state index in [0.717, 1.165) is 152 Å². The van der Waals surface area contributed by atoms with Crippen LogP contribution in [0.2, 0.25) is 0 Å². The first-order chi connectivity index (χ1) is 60.7. The van der Waals surface area contributed by atoms with E-state index in [0.29, 0.717) is 114 Å². The molecule has 0 radical (unpaired) electrons. The highest BCUT2D eigenvalue weighted by Gasteiger charge is 2.35. The van der Waals surface area contributed by atoms with Crippen LogP contribution < -0.4 is 65.5 Å². The van der Waals surface area contributed by atoms with Crippen molar-refractivity contribution in [2.75, 3.05) is 170 Å². The fourth-order valence-corrected chi connectivity index (χ4v) is 19.8. The molecule has 9 N–H and O–H groups in total. The maximum Gasteiger partial charge on any atom is 0.272 e. The van der Waals surface area contributed by atoms with Crippen molar-refractivity contribution in [3.63, 3.8) is 0 Å². The second kappa shape index (κ2) is 39.9. The third kappa shape index (κ3) is 21.7. The molecule has 0 aliphatic carbocycles. The maximum atomic E-state index is 14.0. The summed E-state index contributed by atoms with van der Waals surface area (Å²) in [5, 5.41) is 55.7. The van der Waals surface area contributed by atoms with Gasteiger partial charge in [-0.2, -0.15) is 15.8 Å². The van der Waals surface area contributed by atoms with E-state index in [2.05, 4.69) is 59.6 Å². The number of amides is 3. The van der Waals surface area contributed by atoms with E-state index >= 15 is 0 Å². The molecule has 0 saturated carbocycles. The minimum atomic E-state index is -4.29. The largest absolute Gasteiger partial charge is 0.496 e. The summed E-state index contributed by atoms with van der Waals surface area (Å²) in [6, 6.07) is 52.5. The second-order valence-electron chi connectivity index (χ2n) is 32.7. The van der Waals surface area contributed by atoms with Crippen molar-refractivity contribution >= 4 is 105 Å². The monoisotopic (exact) mass is 1790 g/mol. The summed E-state index contributed by atoms with van der Waals surface area (Å²) in [5.41, 5.74) is 14.0. The minimum Gasteiger partial charge on any atom is -0.496 e. The number of primary sulfonamides is 2. The van der Waals surface area contributed by atoms with Crippen LogP contribution >= 0.6 is 0 Å². The van der Waals surface area contributed by atoms with Crippen molar-refractivity contribution in [1.82, 2.24) is 19.7 Å². The molecule has 1 unspecified atom stereocenters. The number of nitrogens with two attached hydrogens (primary N) is 3. The van der Waals surface area contributed by atoms with Crippen LogP contribution in [0.4, 0.5) is 64.5 Å². The number of ether oxygens (including phenoxy) is 1. The number of nitrogens with one attached hydrogen (secondary N) is 3. The zero-order chi connectivity index (χ0) is 90.8. The number of rotatable bonds is 19. The molecule has 3 amide bonds. The van der Waals surface area contributed by atoms with Gasteiger partial charge in [-0.3, -0.25) is 19.5 Å². The highest BCUT2D eigenvalue weighted by molar-refractivity contribution is 7.98. The van der Waals surface area contributed by atoms with E-state index < -0.39 is 52.1 Å². The first kappa shape index (κ1) is 92.1. The zero-order valence-electron chi connectivity index (χ0n) is 72.0. The molecule has 1 aromatic heterocycles. The lowest BCUT2D eigenvalue weighted by Gasteiger charge is -2.37. The van der Waals surface area contributed by atoms with Gasteiger partial charge in [-0.15, -0.1) is 0 Å². The van der Waals surface area contributed by atoms with Crippen LogP contribution in [0.15, 0.2) is 172 Å². The predicted octanol–water partition coefficient (Wildman–Crippen LogP) is 11.4. The van der Waals surface area contributed by atoms with Gasteiger partial charge in [-0.05, 0) is 198 Å². The van der Waals surface area contributed by atoms with E-state index in [1.165, 1.54) is 12.1 Å². The molecule has 34 heteroatoms. The fraction of sp³-hybridized carbons (Fsp3) is 0.355. The summed E-state index contributed by atoms with van der Waals surface area (Å²) < 4.78 is 108. The molecule has 6 fully saturated rings. The summed E-state index contributed by atoms with van der Waals surface area (Å²) in [4.78, 5) is 63.0. The van der Waals surface area contributed by atoms with Crippen LogP contribution in [0, 0.1) is 86.1 Å². The molecule has 8 aromatic carbocycles. The van der Waals surface area contributed by atoms with Gasteiger partial charge in [-0.1, -0.05) is 60.7 Å². The van der Waals surface area contributed by atoms with Gasteiger partial charge in [0.1, 0.15) is 51.1 Å². The summed E-state index contributed by atoms with van der Waals surface area (Å²) in [5.74, 6) is 1.32. The van der Waals surface area contributed by atoms with E-state index in [1.54, 1.807) is 32.8 Å². The average Bonchev–Trinajstić information content (AvgIpc) is 0.788. The number of sulfonamides is 2. The molecule has 6 aliphatic heterocycles. The van der Waals surface area contributed by atoms with Crippen LogP contribution in [0.25, 0.3) is 0 Å². The third-order valence-electron chi connectivity index (χ3n) is 24.3. The molecule has 666 valence electrons. The van der Waals surface area contributed by atoms with Gasteiger partial charge in [-0.25, -0.2) is 49.5 Å². The average molecular weight is 1790 g/mol. The van der Waals surface area contributed by atoms with Crippen LogP contribution in [0.3, 0.4) is 0 Å². The number of carbonyl (C=O) groups excluding carboxylic acids is 3. The molecule has 9 aromatic rings. The summed E-state index contributed by atoms with van der Waals surface area (Å²) in [6.45, 7) is 19.3. The normalized spacial score (nSPS) is 16.6. The number of benzene rings is 8. The van der Waals surface area contributed by atoms with Crippen molar-refractivity contribution in [2.24, 2.45) is 15.4 Å². The number of halogens is 3. The van der Waals surface area contributed by atoms with Crippen LogP contribution in [0.5, 0.6) is 5.75 Å². The van der Waals surface area contributed by atoms with Crippen LogP contribution in [-0.4, -0.2) is 207 Å². The number of para-hydroxylation sites is 4. The minimum absolute atomic E-state index is 0.0198. The fourth-order valence-electron chi connectivity index (χ4n) is 17.4. The first-order valence-electron chi connectivity index (χ1n) is 42.2.